The molecular weight excluding hydrogens is 474 g/mol. The summed E-state index contributed by atoms with van der Waals surface area (Å²) in [5, 5.41) is 7.02. The first-order chi connectivity index (χ1) is 17.9. The van der Waals surface area contributed by atoms with Gasteiger partial charge in [-0.2, -0.15) is 0 Å². The number of hydrogen-bond acceptors (Lipinski definition) is 7. The van der Waals surface area contributed by atoms with Gasteiger partial charge in [0.1, 0.15) is 31.2 Å². The lowest BCUT2D eigenvalue weighted by atomic mass is 9.88. The van der Waals surface area contributed by atoms with E-state index in [4.69, 9.17) is 9.47 Å². The van der Waals surface area contributed by atoms with Crippen molar-refractivity contribution in [2.75, 3.05) is 31.7 Å². The average Bonchev–Trinajstić information content (AvgIpc) is 2.87. The number of fused-ring (bicyclic) bond motifs is 2. The first-order valence-corrected chi connectivity index (χ1v) is 12.6. The van der Waals surface area contributed by atoms with Gasteiger partial charge in [-0.15, -0.1) is 0 Å². The maximum absolute atomic E-state index is 13.1. The Morgan fingerprint density at radius 1 is 1.19 bits per heavy atom. The van der Waals surface area contributed by atoms with E-state index in [0.717, 1.165) is 16.8 Å². The molecule has 0 saturated heterocycles. The fraction of sp³-hybridized carbons (Fsp3) is 0.429. The van der Waals surface area contributed by atoms with Crippen LogP contribution in [0.25, 0.3) is 10.9 Å². The number of aryl methyl sites for hydroxylation is 1. The smallest absolute Gasteiger partial charge is 0.223 e. The van der Waals surface area contributed by atoms with Gasteiger partial charge in [0.15, 0.2) is 11.5 Å². The summed E-state index contributed by atoms with van der Waals surface area (Å²) in [6.45, 7) is 5.85. The second kappa shape index (κ2) is 12.0. The highest BCUT2D eigenvalue weighted by atomic mass is 18.2. The molecule has 3 aromatic rings. The molecule has 1 amide bonds. The van der Waals surface area contributed by atoms with Crippen LogP contribution in [0, 0.1) is 18.8 Å². The third-order valence-electron chi connectivity index (χ3n) is 6.41. The van der Waals surface area contributed by atoms with Gasteiger partial charge in [0.25, 0.3) is 0 Å². The molecule has 0 fully saturated rings. The molecule has 4 rings (SSSR count). The standard InChI is InChI=1S/C28H33FN4O4/c1-17(2)21-13-20(34)12-19-6-5-18(3)11-23(19)33-27-22-14-25(36-9-4-8-30-28(21)35)26(37-10-7-29)15-24(22)31-16-32-27/h5-6,11,14-17,21H,4,7-10,12-13H2,1-3H3,(H,30,35)(H,31,32,33)/t21-/m0/s1/i29-1. The van der Waals surface area contributed by atoms with Crippen LogP contribution in [-0.4, -0.2) is 48.1 Å². The van der Waals surface area contributed by atoms with Gasteiger partial charge in [0.2, 0.25) is 5.91 Å². The Bertz CT molecular complexity index is 1280. The summed E-state index contributed by atoms with van der Waals surface area (Å²) in [7, 11) is 0. The van der Waals surface area contributed by atoms with Gasteiger partial charge in [-0.3, -0.25) is 9.59 Å². The van der Waals surface area contributed by atoms with E-state index in [0.29, 0.717) is 47.8 Å². The number of alkyl halides is 1. The fourth-order valence-corrected chi connectivity index (χ4v) is 4.38. The number of halogens is 1. The number of nitrogens with zero attached hydrogens (tertiary/aromatic N) is 2. The number of amides is 1. The molecule has 2 heterocycles. The summed E-state index contributed by atoms with van der Waals surface area (Å²) in [4.78, 5) is 34.8. The number of ether oxygens (including phenoxy) is 2. The molecule has 0 unspecified atom stereocenters. The minimum Gasteiger partial charge on any atom is -0.490 e. The third-order valence-corrected chi connectivity index (χ3v) is 6.41. The van der Waals surface area contributed by atoms with Crippen LogP contribution in [0.2, 0.25) is 0 Å². The predicted octanol–water partition coefficient (Wildman–Crippen LogP) is 4.70. The number of rotatable bonds is 4. The molecule has 0 aliphatic carbocycles. The van der Waals surface area contributed by atoms with E-state index >= 15 is 0 Å². The summed E-state index contributed by atoms with van der Waals surface area (Å²) < 4.78 is 24.4. The largest absolute Gasteiger partial charge is 0.490 e. The normalized spacial score (nSPS) is 17.1. The minimum absolute atomic E-state index is 0.00196. The summed E-state index contributed by atoms with van der Waals surface area (Å²) >= 11 is 0. The molecule has 2 bridgehead atoms. The lowest BCUT2D eigenvalue weighted by molar-refractivity contribution is -0.130. The zero-order valence-corrected chi connectivity index (χ0v) is 21.5. The van der Waals surface area contributed by atoms with E-state index in [2.05, 4.69) is 20.6 Å². The van der Waals surface area contributed by atoms with Gasteiger partial charge in [-0.25, -0.2) is 14.4 Å². The lowest BCUT2D eigenvalue weighted by Crippen LogP contribution is -2.36. The van der Waals surface area contributed by atoms with E-state index in [-0.39, 0.29) is 37.1 Å². The van der Waals surface area contributed by atoms with Crippen LogP contribution in [0.3, 0.4) is 0 Å². The van der Waals surface area contributed by atoms with E-state index in [1.54, 1.807) is 12.1 Å². The van der Waals surface area contributed by atoms with Crippen molar-refractivity contribution >= 4 is 34.1 Å². The highest BCUT2D eigenvalue weighted by molar-refractivity contribution is 5.94. The van der Waals surface area contributed by atoms with Crippen molar-refractivity contribution < 1.29 is 23.5 Å². The van der Waals surface area contributed by atoms with Crippen LogP contribution >= 0.6 is 0 Å². The monoisotopic (exact) mass is 507 g/mol. The Labute approximate surface area is 216 Å². The number of anilines is 2. The van der Waals surface area contributed by atoms with E-state index in [1.165, 1.54) is 6.33 Å². The van der Waals surface area contributed by atoms with Gasteiger partial charge in [0, 0.05) is 42.4 Å². The SMILES string of the molecule is Cc1ccc2c(c1)Nc1ncnc3cc(OCC[18F])c(cc13)OCCCNC(=O)[C@H](C(C)C)CC(=O)C2. The number of hydrogen-bond donors (Lipinski definition) is 2. The predicted molar refractivity (Wildman–Crippen MR) is 140 cm³/mol. The number of benzene rings is 2. The maximum atomic E-state index is 13.1. The van der Waals surface area contributed by atoms with Gasteiger partial charge in [-0.1, -0.05) is 26.0 Å². The summed E-state index contributed by atoms with van der Waals surface area (Å²) in [6, 6.07) is 9.33. The van der Waals surface area contributed by atoms with Crippen molar-refractivity contribution in [1.82, 2.24) is 15.3 Å². The van der Waals surface area contributed by atoms with Crippen LogP contribution in [0.5, 0.6) is 11.5 Å². The molecule has 196 valence electrons. The topological polar surface area (TPSA) is 102 Å². The molecule has 0 spiro atoms. The Balaban J connectivity index is 1.77. The Hall–Kier alpha value is -3.75. The van der Waals surface area contributed by atoms with Gasteiger partial charge in [-0.05, 0) is 42.5 Å². The second-order valence-corrected chi connectivity index (χ2v) is 9.62. The summed E-state index contributed by atoms with van der Waals surface area (Å²) in [5.41, 5.74) is 3.19. The maximum Gasteiger partial charge on any atom is 0.223 e. The van der Waals surface area contributed by atoms with Crippen molar-refractivity contribution in [2.24, 2.45) is 11.8 Å². The van der Waals surface area contributed by atoms with Crippen LogP contribution < -0.4 is 20.1 Å². The molecule has 8 nitrogen and oxygen atoms in total. The van der Waals surface area contributed by atoms with Crippen LogP contribution in [0.15, 0.2) is 36.7 Å². The van der Waals surface area contributed by atoms with E-state index in [1.807, 2.05) is 39.0 Å². The third kappa shape index (κ3) is 6.53. The molecule has 37 heavy (non-hydrogen) atoms. The Kier molecular flexibility index (Phi) is 8.53. The quantitative estimate of drug-likeness (QED) is 0.528. The van der Waals surface area contributed by atoms with Crippen LogP contribution in [-0.2, 0) is 16.0 Å². The average molecular weight is 508 g/mol. The fourth-order valence-electron chi connectivity index (χ4n) is 4.38. The molecule has 1 aliphatic rings. The molecule has 1 aliphatic heterocycles. The number of ketones is 1. The van der Waals surface area contributed by atoms with Crippen molar-refractivity contribution in [3.63, 3.8) is 0 Å². The molecule has 0 radical (unpaired) electrons. The Morgan fingerprint density at radius 3 is 2.81 bits per heavy atom. The molecule has 1 atom stereocenters. The Morgan fingerprint density at radius 2 is 2.03 bits per heavy atom. The number of aromatic nitrogens is 2. The first-order valence-electron chi connectivity index (χ1n) is 12.6. The van der Waals surface area contributed by atoms with Gasteiger partial charge >= 0.3 is 0 Å². The highest BCUT2D eigenvalue weighted by Gasteiger charge is 2.25. The van der Waals surface area contributed by atoms with Crippen molar-refractivity contribution in [2.45, 2.75) is 40.0 Å². The summed E-state index contributed by atoms with van der Waals surface area (Å²) in [6.07, 6.45) is 2.35. The number of carbonyl (C=O) groups is 2. The molecule has 0 saturated carbocycles. The van der Waals surface area contributed by atoms with Crippen molar-refractivity contribution in [3.8, 4) is 11.5 Å². The van der Waals surface area contributed by atoms with Crippen molar-refractivity contribution in [1.29, 1.82) is 0 Å². The van der Waals surface area contributed by atoms with Crippen molar-refractivity contribution in [3.05, 3.63) is 47.8 Å². The van der Waals surface area contributed by atoms with E-state index < -0.39 is 12.6 Å². The first kappa shape index (κ1) is 26.3. The van der Waals surface area contributed by atoms with Gasteiger partial charge in [0.05, 0.1) is 12.1 Å². The zero-order chi connectivity index (χ0) is 26.4. The molecule has 2 N–H and O–H groups in total. The lowest BCUT2D eigenvalue weighted by Gasteiger charge is -2.20. The molecular formula is C28H33FN4O4. The number of carbonyl (C=O) groups excluding carboxylic acids is 2. The molecule has 1 aromatic heterocycles. The number of Topliss-reactive ketones (excluding diaryl/α,β-unsaturated/α-hetero) is 1. The van der Waals surface area contributed by atoms with Gasteiger partial charge < -0.3 is 20.1 Å². The van der Waals surface area contributed by atoms with E-state index in [9.17, 15) is 14.0 Å². The highest BCUT2D eigenvalue weighted by Crippen LogP contribution is 2.36. The second-order valence-electron chi connectivity index (χ2n) is 9.62. The summed E-state index contributed by atoms with van der Waals surface area (Å²) in [5.74, 6) is 0.843. The molecule has 9 heteroatoms. The minimum atomic E-state index is -0.633. The van der Waals surface area contributed by atoms with Crippen LogP contribution in [0.1, 0.15) is 37.8 Å². The zero-order valence-electron chi connectivity index (χ0n) is 21.5. The molecule has 2 aromatic carbocycles. The number of nitrogens with one attached hydrogen (secondary N) is 2. The van der Waals surface area contributed by atoms with Crippen LogP contribution in [0.4, 0.5) is 15.9 Å².